The molecule has 2 aromatic rings. The minimum absolute atomic E-state index is 0.395. The summed E-state index contributed by atoms with van der Waals surface area (Å²) in [5.41, 5.74) is 12.4. The van der Waals surface area contributed by atoms with Crippen LogP contribution in [-0.2, 0) is 12.3 Å². The van der Waals surface area contributed by atoms with Gasteiger partial charge in [0.25, 0.3) is 0 Å². The maximum absolute atomic E-state index is 5.62. The summed E-state index contributed by atoms with van der Waals surface area (Å²) in [5.74, 6) is 1.54. The van der Waals surface area contributed by atoms with Crippen LogP contribution in [0.5, 0.6) is 0 Å². The van der Waals surface area contributed by atoms with Gasteiger partial charge >= 0.3 is 0 Å². The molecule has 0 saturated heterocycles. The van der Waals surface area contributed by atoms with Gasteiger partial charge in [-0.1, -0.05) is 18.7 Å². The summed E-state index contributed by atoms with van der Waals surface area (Å²) in [4.78, 5) is 12.4. The van der Waals surface area contributed by atoms with Crippen LogP contribution in [0.3, 0.4) is 0 Å². The number of rotatable bonds is 5. The normalized spacial score (nSPS) is 10.7. The molecule has 0 spiro atoms. The highest BCUT2D eigenvalue weighted by Crippen LogP contribution is 2.21. The Balaban J connectivity index is 2.04. The third kappa shape index (κ3) is 3.13. The van der Waals surface area contributed by atoms with Crippen LogP contribution in [0.2, 0.25) is 0 Å². The molecule has 7 heteroatoms. The van der Waals surface area contributed by atoms with E-state index in [1.807, 2.05) is 12.5 Å². The van der Waals surface area contributed by atoms with Gasteiger partial charge in [0.15, 0.2) is 5.16 Å². The lowest BCUT2D eigenvalue weighted by molar-refractivity contribution is 0.659. The Hall–Kier alpha value is -1.76. The standard InChI is InChI=1S/C11H16N6S/c1-2-3-17-7-14-5-8(17)6-18-11-15-9(12)4-10(13)16-11/h4-5,7H,2-3,6H2,1H3,(H4,12,13,15,16). The molecule has 2 heterocycles. The van der Waals surface area contributed by atoms with E-state index in [0.717, 1.165) is 24.4 Å². The topological polar surface area (TPSA) is 95.6 Å². The van der Waals surface area contributed by atoms with Gasteiger partial charge in [-0.25, -0.2) is 15.0 Å². The van der Waals surface area contributed by atoms with Gasteiger partial charge in [0, 0.05) is 30.3 Å². The molecule has 0 aromatic carbocycles. The van der Waals surface area contributed by atoms with Crippen LogP contribution in [0, 0.1) is 0 Å². The Kier molecular flexibility index (Phi) is 4.03. The lowest BCUT2D eigenvalue weighted by atomic mass is 10.4. The largest absolute Gasteiger partial charge is 0.383 e. The van der Waals surface area contributed by atoms with Crippen molar-refractivity contribution in [2.24, 2.45) is 0 Å². The summed E-state index contributed by atoms with van der Waals surface area (Å²) in [7, 11) is 0. The fourth-order valence-electron chi connectivity index (χ4n) is 1.58. The van der Waals surface area contributed by atoms with Gasteiger partial charge in [0.05, 0.1) is 6.33 Å². The smallest absolute Gasteiger partial charge is 0.191 e. The molecule has 0 aliphatic heterocycles. The minimum Gasteiger partial charge on any atom is -0.383 e. The van der Waals surface area contributed by atoms with Crippen molar-refractivity contribution in [3.63, 3.8) is 0 Å². The molecule has 0 aliphatic carbocycles. The van der Waals surface area contributed by atoms with Crippen LogP contribution in [-0.4, -0.2) is 19.5 Å². The van der Waals surface area contributed by atoms with Crippen molar-refractivity contribution >= 4 is 23.4 Å². The summed E-state index contributed by atoms with van der Waals surface area (Å²) in [5, 5.41) is 0.594. The Morgan fingerprint density at radius 3 is 2.67 bits per heavy atom. The fraction of sp³-hybridized carbons (Fsp3) is 0.364. The second kappa shape index (κ2) is 5.72. The number of nitrogens with two attached hydrogens (primary N) is 2. The van der Waals surface area contributed by atoms with Gasteiger partial charge in [-0.15, -0.1) is 0 Å². The first-order chi connectivity index (χ1) is 8.69. The number of hydrogen-bond acceptors (Lipinski definition) is 6. The Morgan fingerprint density at radius 2 is 2.00 bits per heavy atom. The fourth-order valence-corrected chi connectivity index (χ4v) is 2.43. The van der Waals surface area contributed by atoms with Crippen molar-refractivity contribution in [1.29, 1.82) is 0 Å². The van der Waals surface area contributed by atoms with Crippen molar-refractivity contribution in [3.8, 4) is 0 Å². The molecule has 2 rings (SSSR count). The summed E-state index contributed by atoms with van der Waals surface area (Å²) in [6.07, 6.45) is 4.78. The number of nitrogens with zero attached hydrogens (tertiary/aromatic N) is 4. The highest BCUT2D eigenvalue weighted by molar-refractivity contribution is 7.98. The molecule has 0 unspecified atom stereocenters. The van der Waals surface area contributed by atoms with Crippen molar-refractivity contribution in [3.05, 3.63) is 24.3 Å². The number of anilines is 2. The zero-order chi connectivity index (χ0) is 13.0. The predicted octanol–water partition coefficient (Wildman–Crippen LogP) is 1.54. The highest BCUT2D eigenvalue weighted by Gasteiger charge is 2.05. The SMILES string of the molecule is CCCn1cncc1CSc1nc(N)cc(N)n1. The summed E-state index contributed by atoms with van der Waals surface area (Å²) < 4.78 is 2.13. The zero-order valence-electron chi connectivity index (χ0n) is 10.2. The first kappa shape index (κ1) is 12.7. The summed E-state index contributed by atoms with van der Waals surface area (Å²) in [6, 6.07) is 1.55. The molecule has 96 valence electrons. The Labute approximate surface area is 110 Å². The van der Waals surface area contributed by atoms with Crippen molar-refractivity contribution in [2.45, 2.75) is 30.8 Å². The molecule has 0 amide bonds. The molecular weight excluding hydrogens is 248 g/mol. The molecule has 18 heavy (non-hydrogen) atoms. The first-order valence-corrected chi connectivity index (χ1v) is 6.69. The maximum atomic E-state index is 5.62. The van der Waals surface area contributed by atoms with Crippen LogP contribution in [0.4, 0.5) is 11.6 Å². The van der Waals surface area contributed by atoms with E-state index in [0.29, 0.717) is 16.8 Å². The van der Waals surface area contributed by atoms with E-state index in [1.54, 1.807) is 6.07 Å². The van der Waals surface area contributed by atoms with E-state index < -0.39 is 0 Å². The summed E-state index contributed by atoms with van der Waals surface area (Å²) in [6.45, 7) is 3.11. The monoisotopic (exact) mass is 264 g/mol. The van der Waals surface area contributed by atoms with Gasteiger partial charge in [-0.2, -0.15) is 0 Å². The summed E-state index contributed by atoms with van der Waals surface area (Å²) >= 11 is 1.50. The highest BCUT2D eigenvalue weighted by atomic mass is 32.2. The van der Waals surface area contributed by atoms with E-state index in [9.17, 15) is 0 Å². The van der Waals surface area contributed by atoms with E-state index in [1.165, 1.54) is 11.8 Å². The molecule has 0 fully saturated rings. The van der Waals surface area contributed by atoms with Crippen molar-refractivity contribution < 1.29 is 0 Å². The molecule has 0 radical (unpaired) electrons. The molecule has 0 aliphatic rings. The van der Waals surface area contributed by atoms with Gasteiger partial charge < -0.3 is 16.0 Å². The van der Waals surface area contributed by atoms with Crippen LogP contribution >= 0.6 is 11.8 Å². The maximum Gasteiger partial charge on any atom is 0.191 e. The first-order valence-electron chi connectivity index (χ1n) is 5.71. The van der Waals surface area contributed by atoms with E-state index >= 15 is 0 Å². The zero-order valence-corrected chi connectivity index (χ0v) is 11.0. The van der Waals surface area contributed by atoms with Gasteiger partial charge in [0.1, 0.15) is 11.6 Å². The van der Waals surface area contributed by atoms with Gasteiger partial charge in [-0.3, -0.25) is 0 Å². The molecule has 0 bridgehead atoms. The van der Waals surface area contributed by atoms with E-state index in [-0.39, 0.29) is 0 Å². The van der Waals surface area contributed by atoms with Crippen molar-refractivity contribution in [1.82, 2.24) is 19.5 Å². The molecule has 4 N–H and O–H groups in total. The van der Waals surface area contributed by atoms with Crippen LogP contribution < -0.4 is 11.5 Å². The van der Waals surface area contributed by atoms with Crippen molar-refractivity contribution in [2.75, 3.05) is 11.5 Å². The molecule has 2 aromatic heterocycles. The predicted molar refractivity (Wildman–Crippen MR) is 72.9 cm³/mol. The van der Waals surface area contributed by atoms with Crippen LogP contribution in [0.15, 0.2) is 23.7 Å². The van der Waals surface area contributed by atoms with E-state index in [4.69, 9.17) is 11.5 Å². The van der Waals surface area contributed by atoms with Crippen LogP contribution in [0.25, 0.3) is 0 Å². The number of aryl methyl sites for hydroxylation is 1. The number of thioether (sulfide) groups is 1. The Bertz CT molecular complexity index is 504. The third-order valence-corrected chi connectivity index (χ3v) is 3.24. The second-order valence-corrected chi connectivity index (χ2v) is 4.81. The second-order valence-electron chi connectivity index (χ2n) is 3.87. The van der Waals surface area contributed by atoms with Gasteiger partial charge in [0.2, 0.25) is 0 Å². The number of nitrogen functional groups attached to an aromatic ring is 2. The average Bonchev–Trinajstić information content (AvgIpc) is 2.73. The minimum atomic E-state index is 0.395. The molecule has 0 saturated carbocycles. The number of hydrogen-bond donors (Lipinski definition) is 2. The third-order valence-electron chi connectivity index (χ3n) is 2.36. The molecule has 6 nitrogen and oxygen atoms in total. The molecule has 0 atom stereocenters. The van der Waals surface area contributed by atoms with Gasteiger partial charge in [-0.05, 0) is 6.42 Å². The quantitative estimate of drug-likeness (QED) is 0.628. The van der Waals surface area contributed by atoms with E-state index in [2.05, 4.69) is 26.4 Å². The number of imidazole rings is 1. The number of aromatic nitrogens is 4. The van der Waals surface area contributed by atoms with Crippen LogP contribution in [0.1, 0.15) is 19.0 Å². The lowest BCUT2D eigenvalue weighted by Crippen LogP contribution is -2.02. The Morgan fingerprint density at radius 1 is 1.28 bits per heavy atom. The lowest BCUT2D eigenvalue weighted by Gasteiger charge is -2.06. The average molecular weight is 264 g/mol. The molecular formula is C11H16N6S.